The first-order valence-electron chi connectivity index (χ1n) is 11.8. The van der Waals surface area contributed by atoms with E-state index >= 15 is 0 Å². The Kier molecular flexibility index (Phi) is 7.90. The van der Waals surface area contributed by atoms with E-state index in [1.807, 2.05) is 18.2 Å². The van der Waals surface area contributed by atoms with Crippen molar-refractivity contribution in [3.05, 3.63) is 89.8 Å². The molecule has 2 atom stereocenters. The summed E-state index contributed by atoms with van der Waals surface area (Å²) in [7, 11) is 1.65. The van der Waals surface area contributed by atoms with Crippen LogP contribution in [-0.4, -0.2) is 36.3 Å². The van der Waals surface area contributed by atoms with Crippen LogP contribution in [-0.2, 0) is 11.3 Å². The normalized spacial score (nSPS) is 18.1. The zero-order chi connectivity index (χ0) is 24.6. The van der Waals surface area contributed by atoms with E-state index in [-0.39, 0.29) is 23.9 Å². The van der Waals surface area contributed by atoms with Crippen LogP contribution >= 0.6 is 0 Å². The van der Waals surface area contributed by atoms with Crippen molar-refractivity contribution in [3.63, 3.8) is 0 Å². The molecule has 35 heavy (non-hydrogen) atoms. The number of nitrogens with one attached hydrogen (secondary N) is 1. The number of benzene rings is 2. The first-order chi connectivity index (χ1) is 17.1. The first kappa shape index (κ1) is 24.2. The molecule has 5 N–H and O–H groups in total. The highest BCUT2D eigenvalue weighted by molar-refractivity contribution is 6.10. The van der Waals surface area contributed by atoms with Crippen molar-refractivity contribution in [2.75, 3.05) is 12.8 Å². The van der Waals surface area contributed by atoms with Crippen molar-refractivity contribution < 1.29 is 9.53 Å². The summed E-state index contributed by atoms with van der Waals surface area (Å²) < 4.78 is 6.22. The molecule has 180 valence electrons. The number of ether oxygens (including phenoxy) is 1. The third kappa shape index (κ3) is 5.94. The molecule has 3 aromatic rings. The number of carbonyl (C=O) groups excluding carboxylic acids is 1. The quantitative estimate of drug-likeness (QED) is 0.428. The van der Waals surface area contributed by atoms with E-state index in [2.05, 4.69) is 51.7 Å². The van der Waals surface area contributed by atoms with Crippen molar-refractivity contribution in [1.29, 1.82) is 0 Å². The molecular weight excluding hydrogens is 438 g/mol. The van der Waals surface area contributed by atoms with Crippen LogP contribution in [0.1, 0.15) is 40.7 Å². The molecular formula is C28H31N5O2. The maximum atomic E-state index is 13.1. The van der Waals surface area contributed by atoms with Gasteiger partial charge in [-0.15, -0.1) is 0 Å². The number of nitrogens with two attached hydrogens (primary N) is 2. The minimum absolute atomic E-state index is 0.0585. The van der Waals surface area contributed by atoms with Crippen LogP contribution < -0.4 is 16.8 Å². The lowest BCUT2D eigenvalue weighted by molar-refractivity contribution is 0.0272. The summed E-state index contributed by atoms with van der Waals surface area (Å²) in [4.78, 5) is 21.2. The topological polar surface area (TPSA) is 116 Å². The van der Waals surface area contributed by atoms with Crippen molar-refractivity contribution in [2.45, 2.75) is 38.0 Å². The standard InChI is InChI=1S/C28H31N5O2/c1-31-16-23(15-29)22-14-24(27(30)32-17-22)28(34)33-25-8-5-9-26(25)35-18-19-10-12-21(13-11-19)20-6-3-2-4-7-20/h2-4,6-7,10-17,25-26H,5,8-9,18,29H2,1H3,(H2,30,32)(H,33,34)/b23-15+,31-16?/t25-,26-/m0/s1. The van der Waals surface area contributed by atoms with Crippen molar-refractivity contribution in [1.82, 2.24) is 10.3 Å². The number of aliphatic imine (C=N–C) groups is 1. The van der Waals surface area contributed by atoms with Gasteiger partial charge in [-0.05, 0) is 42.0 Å². The molecule has 1 fully saturated rings. The number of nitrogens with zero attached hydrogens (tertiary/aromatic N) is 2. The highest BCUT2D eigenvalue weighted by Crippen LogP contribution is 2.25. The molecule has 4 rings (SSSR count). The number of amides is 1. The van der Waals surface area contributed by atoms with Gasteiger partial charge in [-0.3, -0.25) is 9.79 Å². The van der Waals surface area contributed by atoms with E-state index in [0.29, 0.717) is 23.3 Å². The van der Waals surface area contributed by atoms with Crippen LogP contribution in [0.5, 0.6) is 0 Å². The summed E-state index contributed by atoms with van der Waals surface area (Å²) in [5, 5.41) is 3.10. The molecule has 7 nitrogen and oxygen atoms in total. The Bertz CT molecular complexity index is 1210. The Hall–Kier alpha value is -3.97. The Morgan fingerprint density at radius 3 is 2.60 bits per heavy atom. The van der Waals surface area contributed by atoms with Gasteiger partial charge in [-0.25, -0.2) is 4.98 Å². The third-order valence-corrected chi connectivity index (χ3v) is 6.24. The van der Waals surface area contributed by atoms with Crippen LogP contribution in [0.25, 0.3) is 16.7 Å². The Morgan fingerprint density at radius 2 is 1.89 bits per heavy atom. The molecule has 1 aromatic heterocycles. The monoisotopic (exact) mass is 469 g/mol. The second-order valence-corrected chi connectivity index (χ2v) is 8.59. The number of pyridine rings is 1. The fraction of sp³-hybridized carbons (Fsp3) is 0.250. The van der Waals surface area contributed by atoms with Crippen molar-refractivity contribution in [2.24, 2.45) is 10.7 Å². The number of rotatable bonds is 8. The average Bonchev–Trinajstić information content (AvgIpc) is 3.34. The summed E-state index contributed by atoms with van der Waals surface area (Å²) in [6, 6.07) is 20.3. The van der Waals surface area contributed by atoms with Gasteiger partial charge in [0.05, 0.1) is 24.3 Å². The minimum atomic E-state index is -0.269. The number of hydrogen-bond donors (Lipinski definition) is 3. The van der Waals surface area contributed by atoms with Crippen molar-refractivity contribution >= 4 is 23.5 Å². The van der Waals surface area contributed by atoms with E-state index in [9.17, 15) is 4.79 Å². The molecule has 1 heterocycles. The molecule has 1 aliphatic rings. The zero-order valence-corrected chi connectivity index (χ0v) is 19.9. The summed E-state index contributed by atoms with van der Waals surface area (Å²) >= 11 is 0. The molecule has 0 unspecified atom stereocenters. The molecule has 1 aliphatic carbocycles. The van der Waals surface area contributed by atoms with Gasteiger partial charge in [0.2, 0.25) is 0 Å². The fourth-order valence-electron chi connectivity index (χ4n) is 4.33. The number of aromatic nitrogens is 1. The van der Waals surface area contributed by atoms with E-state index in [1.54, 1.807) is 25.5 Å². The lowest BCUT2D eigenvalue weighted by Gasteiger charge is -2.22. The van der Waals surface area contributed by atoms with Crippen LogP contribution in [0.4, 0.5) is 5.82 Å². The van der Waals surface area contributed by atoms with Crippen LogP contribution in [0.2, 0.25) is 0 Å². The molecule has 1 saturated carbocycles. The maximum Gasteiger partial charge on any atom is 0.255 e. The van der Waals surface area contributed by atoms with Gasteiger partial charge < -0.3 is 21.5 Å². The average molecular weight is 470 g/mol. The number of anilines is 1. The Morgan fingerprint density at radius 1 is 1.14 bits per heavy atom. The van der Waals surface area contributed by atoms with E-state index in [1.165, 1.54) is 17.3 Å². The number of hydrogen-bond acceptors (Lipinski definition) is 6. The summed E-state index contributed by atoms with van der Waals surface area (Å²) in [6.45, 7) is 0.492. The predicted molar refractivity (Wildman–Crippen MR) is 141 cm³/mol. The van der Waals surface area contributed by atoms with Gasteiger partial charge in [0.1, 0.15) is 5.82 Å². The van der Waals surface area contributed by atoms with Gasteiger partial charge in [-0.1, -0.05) is 54.6 Å². The second-order valence-electron chi connectivity index (χ2n) is 8.59. The SMILES string of the molecule is CN=C/C(=C\N)c1cnc(N)c(C(=O)N[C@H]2CCC[C@@H]2OCc2ccc(-c3ccccc3)cc2)c1. The zero-order valence-electron chi connectivity index (χ0n) is 19.9. The fourth-order valence-corrected chi connectivity index (χ4v) is 4.33. The third-order valence-electron chi connectivity index (χ3n) is 6.24. The Balaban J connectivity index is 1.38. The number of carbonyl (C=O) groups is 1. The smallest absolute Gasteiger partial charge is 0.255 e. The lowest BCUT2D eigenvalue weighted by Crippen LogP contribution is -2.41. The molecule has 7 heteroatoms. The van der Waals surface area contributed by atoms with E-state index < -0.39 is 0 Å². The molecule has 0 aliphatic heterocycles. The molecule has 0 bridgehead atoms. The van der Waals surface area contributed by atoms with Gasteiger partial charge in [0, 0.05) is 36.8 Å². The van der Waals surface area contributed by atoms with Crippen LogP contribution in [0, 0.1) is 0 Å². The van der Waals surface area contributed by atoms with E-state index in [4.69, 9.17) is 16.2 Å². The van der Waals surface area contributed by atoms with Crippen molar-refractivity contribution in [3.8, 4) is 11.1 Å². The largest absolute Gasteiger partial charge is 0.404 e. The molecule has 2 aromatic carbocycles. The molecule has 0 radical (unpaired) electrons. The number of nitrogen functional groups attached to an aromatic ring is 1. The van der Waals surface area contributed by atoms with Crippen LogP contribution in [0.3, 0.4) is 0 Å². The van der Waals surface area contributed by atoms with Gasteiger partial charge in [-0.2, -0.15) is 0 Å². The van der Waals surface area contributed by atoms with E-state index in [0.717, 1.165) is 24.8 Å². The highest BCUT2D eigenvalue weighted by atomic mass is 16.5. The molecule has 0 spiro atoms. The molecule has 0 saturated heterocycles. The summed E-state index contributed by atoms with van der Waals surface area (Å²) in [6.07, 6.45) is 7.30. The van der Waals surface area contributed by atoms with Gasteiger partial charge in [0.15, 0.2) is 0 Å². The Labute approximate surface area is 205 Å². The number of allylic oxidation sites excluding steroid dienone is 1. The van der Waals surface area contributed by atoms with Gasteiger partial charge in [0.25, 0.3) is 5.91 Å². The lowest BCUT2D eigenvalue weighted by atomic mass is 10.0. The van der Waals surface area contributed by atoms with Crippen LogP contribution in [0.15, 0.2) is 78.1 Å². The second kappa shape index (κ2) is 11.4. The highest BCUT2D eigenvalue weighted by Gasteiger charge is 2.30. The summed E-state index contributed by atoms with van der Waals surface area (Å²) in [5.74, 6) is -0.0978. The molecule has 1 amide bonds. The minimum Gasteiger partial charge on any atom is -0.404 e. The maximum absolute atomic E-state index is 13.1. The first-order valence-corrected chi connectivity index (χ1v) is 11.8. The van der Waals surface area contributed by atoms with Gasteiger partial charge >= 0.3 is 0 Å². The predicted octanol–water partition coefficient (Wildman–Crippen LogP) is 4.20. The summed E-state index contributed by atoms with van der Waals surface area (Å²) in [5.41, 5.74) is 16.8.